The molecule has 0 aromatic carbocycles. The van der Waals surface area contributed by atoms with Crippen LogP contribution in [-0.2, 0) is 9.53 Å². The SMILES string of the molecule is CCC(C)C(O)C(C)(O)C=CC1=CC2=CC(=O)C(C)(O)C(O)C2CO1. The Morgan fingerprint density at radius 2 is 2.12 bits per heavy atom. The molecule has 6 heteroatoms. The number of carbonyl (C=O) groups is 1. The molecule has 1 aliphatic heterocycles. The maximum absolute atomic E-state index is 12.0. The van der Waals surface area contributed by atoms with Gasteiger partial charge in [0.05, 0.1) is 18.8 Å². The van der Waals surface area contributed by atoms with E-state index in [0.717, 1.165) is 6.42 Å². The monoisotopic (exact) mass is 352 g/mol. The molecule has 6 unspecified atom stereocenters. The maximum Gasteiger partial charge on any atom is 0.189 e. The summed E-state index contributed by atoms with van der Waals surface area (Å²) in [7, 11) is 0. The summed E-state index contributed by atoms with van der Waals surface area (Å²) in [4.78, 5) is 12.0. The van der Waals surface area contributed by atoms with E-state index in [2.05, 4.69) is 0 Å². The molecular formula is C19H28O6. The first kappa shape index (κ1) is 19.8. The normalized spacial score (nSPS) is 34.5. The van der Waals surface area contributed by atoms with Gasteiger partial charge in [-0.2, -0.15) is 0 Å². The van der Waals surface area contributed by atoms with Gasteiger partial charge in [-0.3, -0.25) is 4.79 Å². The first-order valence-electron chi connectivity index (χ1n) is 8.61. The Morgan fingerprint density at radius 3 is 2.72 bits per heavy atom. The number of hydrogen-bond donors (Lipinski definition) is 4. The number of ketones is 1. The van der Waals surface area contributed by atoms with E-state index in [1.165, 1.54) is 26.0 Å². The lowest BCUT2D eigenvalue weighted by Crippen LogP contribution is -2.54. The Morgan fingerprint density at radius 1 is 1.48 bits per heavy atom. The van der Waals surface area contributed by atoms with Gasteiger partial charge in [0.25, 0.3) is 0 Å². The molecule has 2 rings (SSSR count). The number of rotatable bonds is 5. The Hall–Kier alpha value is -1.47. The average Bonchev–Trinajstić information content (AvgIpc) is 2.57. The van der Waals surface area contributed by atoms with Crippen molar-refractivity contribution in [2.75, 3.05) is 6.61 Å². The largest absolute Gasteiger partial charge is 0.493 e. The summed E-state index contributed by atoms with van der Waals surface area (Å²) in [5.74, 6) is -0.690. The fraction of sp³-hybridized carbons (Fsp3) is 0.632. The van der Waals surface area contributed by atoms with E-state index in [0.29, 0.717) is 11.3 Å². The minimum absolute atomic E-state index is 0.0682. The Bertz CT molecular complexity index is 613. The van der Waals surface area contributed by atoms with E-state index in [-0.39, 0.29) is 12.5 Å². The standard InChI is InChI=1S/C19H28O6/c1-5-11(2)16(21)18(3,23)7-6-13-8-12-9-15(20)19(4,24)17(22)14(12)10-25-13/h6-9,11,14,16-17,21-24H,5,10H2,1-4H3. The van der Waals surface area contributed by atoms with Gasteiger partial charge in [0, 0.05) is 5.92 Å². The molecule has 6 nitrogen and oxygen atoms in total. The second kappa shape index (κ2) is 7.03. The minimum atomic E-state index is -1.82. The van der Waals surface area contributed by atoms with Crippen molar-refractivity contribution in [2.24, 2.45) is 11.8 Å². The number of fused-ring (bicyclic) bond motifs is 1. The van der Waals surface area contributed by atoms with E-state index in [1.807, 2.05) is 13.8 Å². The fourth-order valence-corrected chi connectivity index (χ4v) is 3.10. The van der Waals surface area contributed by atoms with Crippen LogP contribution in [0.3, 0.4) is 0 Å². The van der Waals surface area contributed by atoms with Gasteiger partial charge in [-0.15, -0.1) is 0 Å². The van der Waals surface area contributed by atoms with Crippen molar-refractivity contribution in [2.45, 2.75) is 57.5 Å². The Balaban J connectivity index is 2.21. The summed E-state index contributed by atoms with van der Waals surface area (Å²) >= 11 is 0. The predicted molar refractivity (Wildman–Crippen MR) is 92.5 cm³/mol. The third-order valence-electron chi connectivity index (χ3n) is 5.29. The molecule has 0 fully saturated rings. The van der Waals surface area contributed by atoms with E-state index >= 15 is 0 Å². The number of hydrogen-bond acceptors (Lipinski definition) is 6. The number of aliphatic hydroxyl groups excluding tert-OH is 2. The third kappa shape index (κ3) is 3.87. The quantitative estimate of drug-likeness (QED) is 0.584. The molecule has 1 heterocycles. The lowest BCUT2D eigenvalue weighted by molar-refractivity contribution is -0.150. The van der Waals surface area contributed by atoms with E-state index in [1.54, 1.807) is 12.2 Å². The van der Waals surface area contributed by atoms with Gasteiger partial charge in [0.2, 0.25) is 0 Å². The van der Waals surface area contributed by atoms with E-state index < -0.39 is 35.1 Å². The van der Waals surface area contributed by atoms with Crippen molar-refractivity contribution in [3.05, 3.63) is 35.6 Å². The molecule has 0 aromatic heterocycles. The van der Waals surface area contributed by atoms with Gasteiger partial charge in [0.15, 0.2) is 11.4 Å². The molecule has 0 saturated carbocycles. The molecular weight excluding hydrogens is 324 g/mol. The number of aliphatic hydroxyl groups is 4. The molecule has 0 aromatic rings. The zero-order valence-corrected chi connectivity index (χ0v) is 15.1. The second-order valence-corrected chi connectivity index (χ2v) is 7.45. The van der Waals surface area contributed by atoms with Crippen molar-refractivity contribution in [3.8, 4) is 0 Å². The maximum atomic E-state index is 12.0. The first-order chi connectivity index (χ1) is 11.5. The second-order valence-electron chi connectivity index (χ2n) is 7.45. The summed E-state index contributed by atoms with van der Waals surface area (Å²) in [5.41, 5.74) is -2.66. The van der Waals surface area contributed by atoms with Crippen LogP contribution in [0.2, 0.25) is 0 Å². The van der Waals surface area contributed by atoms with E-state index in [9.17, 15) is 25.2 Å². The lowest BCUT2D eigenvalue weighted by atomic mass is 9.75. The van der Waals surface area contributed by atoms with Crippen molar-refractivity contribution in [3.63, 3.8) is 0 Å². The van der Waals surface area contributed by atoms with Gasteiger partial charge in [-0.05, 0) is 49.6 Å². The molecule has 0 saturated heterocycles. The van der Waals surface area contributed by atoms with Crippen molar-refractivity contribution in [1.82, 2.24) is 0 Å². The molecule has 4 N–H and O–H groups in total. The molecule has 6 atom stereocenters. The van der Waals surface area contributed by atoms with Gasteiger partial charge in [-0.1, -0.05) is 20.3 Å². The Labute approximate surface area is 148 Å². The van der Waals surface area contributed by atoms with Crippen molar-refractivity contribution < 1.29 is 30.0 Å². The zero-order chi connectivity index (χ0) is 19.0. The number of allylic oxidation sites excluding steroid dienone is 2. The fourth-order valence-electron chi connectivity index (χ4n) is 3.10. The molecule has 0 radical (unpaired) electrons. The highest BCUT2D eigenvalue weighted by molar-refractivity contribution is 5.99. The third-order valence-corrected chi connectivity index (χ3v) is 5.29. The molecule has 1 aliphatic carbocycles. The van der Waals surface area contributed by atoms with Crippen LogP contribution >= 0.6 is 0 Å². The number of ether oxygens (including phenoxy) is 1. The summed E-state index contributed by atoms with van der Waals surface area (Å²) in [6.45, 7) is 6.73. The smallest absolute Gasteiger partial charge is 0.189 e. The highest BCUT2D eigenvalue weighted by Crippen LogP contribution is 2.35. The first-order valence-corrected chi connectivity index (χ1v) is 8.61. The summed E-state index contributed by atoms with van der Waals surface area (Å²) in [5, 5.41) is 40.9. The summed E-state index contributed by atoms with van der Waals surface area (Å²) in [6, 6.07) is 0. The zero-order valence-electron chi connectivity index (χ0n) is 15.1. The van der Waals surface area contributed by atoms with Crippen molar-refractivity contribution in [1.29, 1.82) is 0 Å². The van der Waals surface area contributed by atoms with Crippen LogP contribution in [0.15, 0.2) is 35.6 Å². The summed E-state index contributed by atoms with van der Waals surface area (Å²) in [6.07, 6.45) is 4.51. The van der Waals surface area contributed by atoms with Crippen LogP contribution in [0.4, 0.5) is 0 Å². The van der Waals surface area contributed by atoms with Crippen LogP contribution in [0.1, 0.15) is 34.1 Å². The molecule has 2 aliphatic rings. The number of carbonyl (C=O) groups excluding carboxylic acids is 1. The van der Waals surface area contributed by atoms with E-state index in [4.69, 9.17) is 4.74 Å². The van der Waals surface area contributed by atoms with Gasteiger partial charge in [0.1, 0.15) is 11.4 Å². The summed E-state index contributed by atoms with van der Waals surface area (Å²) < 4.78 is 5.57. The van der Waals surface area contributed by atoms with Crippen LogP contribution in [0.25, 0.3) is 0 Å². The minimum Gasteiger partial charge on any atom is -0.493 e. The van der Waals surface area contributed by atoms with Crippen molar-refractivity contribution >= 4 is 5.78 Å². The highest BCUT2D eigenvalue weighted by Gasteiger charge is 2.47. The van der Waals surface area contributed by atoms with Gasteiger partial charge in [-0.25, -0.2) is 0 Å². The van der Waals surface area contributed by atoms with Crippen LogP contribution in [-0.4, -0.2) is 56.2 Å². The average molecular weight is 352 g/mol. The molecule has 140 valence electrons. The lowest BCUT2D eigenvalue weighted by Gasteiger charge is -2.39. The van der Waals surface area contributed by atoms with Gasteiger partial charge < -0.3 is 25.2 Å². The molecule has 25 heavy (non-hydrogen) atoms. The predicted octanol–water partition coefficient (Wildman–Crippen LogP) is 0.852. The van der Waals surface area contributed by atoms with Gasteiger partial charge >= 0.3 is 0 Å². The van der Waals surface area contributed by atoms with Crippen LogP contribution in [0, 0.1) is 11.8 Å². The molecule has 0 amide bonds. The van der Waals surface area contributed by atoms with Crippen LogP contribution < -0.4 is 0 Å². The highest BCUT2D eigenvalue weighted by atomic mass is 16.5. The molecule has 0 bridgehead atoms. The molecule has 0 spiro atoms. The Kier molecular flexibility index (Phi) is 5.59. The topological polar surface area (TPSA) is 107 Å². The van der Waals surface area contributed by atoms with Crippen LogP contribution in [0.5, 0.6) is 0 Å².